The second-order valence-electron chi connectivity index (χ2n) is 5.09. The number of morpholine rings is 1. The summed E-state index contributed by atoms with van der Waals surface area (Å²) < 4.78 is 5.46. The summed E-state index contributed by atoms with van der Waals surface area (Å²) in [6, 6.07) is 0. The predicted molar refractivity (Wildman–Crippen MR) is 70.7 cm³/mol. The molecule has 2 aliphatic heterocycles. The summed E-state index contributed by atoms with van der Waals surface area (Å²) in [6.45, 7) is 4.39. The van der Waals surface area contributed by atoms with Crippen LogP contribution in [0.25, 0.3) is 0 Å². The van der Waals surface area contributed by atoms with E-state index in [0.717, 1.165) is 39.0 Å². The summed E-state index contributed by atoms with van der Waals surface area (Å²) >= 11 is 0. The van der Waals surface area contributed by atoms with Gasteiger partial charge in [0.1, 0.15) is 0 Å². The number of nitrogens with zero attached hydrogens (tertiary/aromatic N) is 1. The smallest absolute Gasteiger partial charge is 0.224 e. The minimum Gasteiger partial charge on any atom is -0.375 e. The molecule has 0 aromatic carbocycles. The highest BCUT2D eigenvalue weighted by molar-refractivity contribution is 5.79. The zero-order chi connectivity index (χ0) is 13.5. The van der Waals surface area contributed by atoms with Gasteiger partial charge in [0, 0.05) is 39.1 Å². The third kappa shape index (κ3) is 4.80. The summed E-state index contributed by atoms with van der Waals surface area (Å²) in [6.07, 6.45) is 2.93. The highest BCUT2D eigenvalue weighted by Gasteiger charge is 2.19. The molecule has 2 heterocycles. The Labute approximate surface area is 113 Å². The molecule has 2 saturated heterocycles. The van der Waals surface area contributed by atoms with Crippen LogP contribution in [0, 0.1) is 0 Å². The van der Waals surface area contributed by atoms with Gasteiger partial charge in [0.15, 0.2) is 0 Å². The van der Waals surface area contributed by atoms with Crippen LogP contribution < -0.4 is 10.6 Å². The minimum absolute atomic E-state index is 0.0389. The second kappa shape index (κ2) is 7.45. The molecule has 0 radical (unpaired) electrons. The van der Waals surface area contributed by atoms with Crippen LogP contribution in [0.5, 0.6) is 0 Å². The molecule has 0 saturated carbocycles. The number of carbonyl (C=O) groups excluding carboxylic acids is 2. The van der Waals surface area contributed by atoms with Crippen molar-refractivity contribution in [3.63, 3.8) is 0 Å². The fourth-order valence-electron chi connectivity index (χ4n) is 2.46. The van der Waals surface area contributed by atoms with E-state index in [-0.39, 0.29) is 17.9 Å². The molecule has 6 nitrogen and oxygen atoms in total. The normalized spacial score (nSPS) is 23.4. The average Bonchev–Trinajstić information content (AvgIpc) is 2.93. The number of hydrogen-bond donors (Lipinski definition) is 2. The van der Waals surface area contributed by atoms with E-state index in [0.29, 0.717) is 26.0 Å². The lowest BCUT2D eigenvalue weighted by Crippen LogP contribution is -2.41. The van der Waals surface area contributed by atoms with E-state index < -0.39 is 0 Å². The number of carbonyl (C=O) groups is 2. The van der Waals surface area contributed by atoms with E-state index in [9.17, 15) is 9.59 Å². The van der Waals surface area contributed by atoms with E-state index in [1.807, 2.05) is 4.90 Å². The Bertz CT molecular complexity index is 310. The Morgan fingerprint density at radius 2 is 2.11 bits per heavy atom. The summed E-state index contributed by atoms with van der Waals surface area (Å²) in [5.74, 6) is 0.108. The lowest BCUT2D eigenvalue weighted by molar-refractivity contribution is -0.130. The van der Waals surface area contributed by atoms with Crippen molar-refractivity contribution in [3.05, 3.63) is 0 Å². The van der Waals surface area contributed by atoms with Gasteiger partial charge >= 0.3 is 0 Å². The molecule has 0 aliphatic carbocycles. The van der Waals surface area contributed by atoms with Gasteiger partial charge in [-0.2, -0.15) is 0 Å². The monoisotopic (exact) mass is 269 g/mol. The number of likely N-dealkylation sites (tertiary alicyclic amines) is 1. The van der Waals surface area contributed by atoms with Crippen LogP contribution >= 0.6 is 0 Å². The second-order valence-corrected chi connectivity index (χ2v) is 5.09. The maximum Gasteiger partial charge on any atom is 0.224 e. The third-order valence-corrected chi connectivity index (χ3v) is 3.54. The van der Waals surface area contributed by atoms with Crippen molar-refractivity contribution in [1.82, 2.24) is 15.5 Å². The van der Waals surface area contributed by atoms with E-state index in [1.54, 1.807) is 0 Å². The molecule has 2 rings (SSSR count). The van der Waals surface area contributed by atoms with Crippen molar-refractivity contribution >= 4 is 11.8 Å². The van der Waals surface area contributed by atoms with Crippen LogP contribution in [0.3, 0.4) is 0 Å². The summed E-state index contributed by atoms with van der Waals surface area (Å²) in [4.78, 5) is 25.3. The Hall–Kier alpha value is -1.14. The van der Waals surface area contributed by atoms with Crippen LogP contribution in [0.2, 0.25) is 0 Å². The Morgan fingerprint density at radius 1 is 1.32 bits per heavy atom. The van der Waals surface area contributed by atoms with E-state index in [4.69, 9.17) is 4.74 Å². The lowest BCUT2D eigenvalue weighted by Gasteiger charge is -2.23. The number of rotatable bonds is 5. The standard InChI is InChI=1S/C13H23N3O3/c17-12(9-11-10-14-5-8-19-11)15-4-3-13(18)16-6-1-2-7-16/h11,14H,1-10H2,(H,15,17). The van der Waals surface area contributed by atoms with Crippen LogP contribution in [-0.4, -0.2) is 62.1 Å². The number of amides is 2. The van der Waals surface area contributed by atoms with Gasteiger partial charge in [-0.1, -0.05) is 0 Å². The number of nitrogens with one attached hydrogen (secondary N) is 2. The molecule has 0 aromatic heterocycles. The number of hydrogen-bond acceptors (Lipinski definition) is 4. The van der Waals surface area contributed by atoms with Crippen LogP contribution in [-0.2, 0) is 14.3 Å². The molecule has 19 heavy (non-hydrogen) atoms. The van der Waals surface area contributed by atoms with Gasteiger partial charge < -0.3 is 20.3 Å². The molecule has 0 bridgehead atoms. The van der Waals surface area contributed by atoms with Gasteiger partial charge in [-0.15, -0.1) is 0 Å². The SMILES string of the molecule is O=C(CC1CNCCO1)NCCC(=O)N1CCCC1. The Morgan fingerprint density at radius 3 is 2.79 bits per heavy atom. The first-order chi connectivity index (χ1) is 9.25. The zero-order valence-electron chi connectivity index (χ0n) is 11.3. The van der Waals surface area contributed by atoms with Crippen molar-refractivity contribution in [2.24, 2.45) is 0 Å². The molecular weight excluding hydrogens is 246 g/mol. The van der Waals surface area contributed by atoms with Crippen molar-refractivity contribution in [2.75, 3.05) is 39.3 Å². The fraction of sp³-hybridized carbons (Fsp3) is 0.846. The van der Waals surface area contributed by atoms with E-state index in [2.05, 4.69) is 10.6 Å². The maximum atomic E-state index is 11.8. The maximum absolute atomic E-state index is 11.8. The topological polar surface area (TPSA) is 70.7 Å². The van der Waals surface area contributed by atoms with Crippen LogP contribution in [0.1, 0.15) is 25.7 Å². The highest BCUT2D eigenvalue weighted by Crippen LogP contribution is 2.08. The van der Waals surface area contributed by atoms with Crippen molar-refractivity contribution < 1.29 is 14.3 Å². The summed E-state index contributed by atoms with van der Waals surface area (Å²) in [5, 5.41) is 5.98. The lowest BCUT2D eigenvalue weighted by atomic mass is 10.2. The van der Waals surface area contributed by atoms with Crippen LogP contribution in [0.15, 0.2) is 0 Å². The summed E-state index contributed by atoms with van der Waals surface area (Å²) in [5.41, 5.74) is 0. The third-order valence-electron chi connectivity index (χ3n) is 3.54. The molecule has 0 spiro atoms. The number of ether oxygens (including phenoxy) is 1. The first-order valence-corrected chi connectivity index (χ1v) is 7.12. The molecule has 6 heteroatoms. The first kappa shape index (κ1) is 14.3. The predicted octanol–water partition coefficient (Wildman–Crippen LogP) is -0.506. The molecule has 2 N–H and O–H groups in total. The van der Waals surface area contributed by atoms with E-state index >= 15 is 0 Å². The van der Waals surface area contributed by atoms with E-state index in [1.165, 1.54) is 0 Å². The van der Waals surface area contributed by atoms with Gasteiger partial charge in [0.25, 0.3) is 0 Å². The van der Waals surface area contributed by atoms with Crippen molar-refractivity contribution in [2.45, 2.75) is 31.8 Å². The largest absolute Gasteiger partial charge is 0.375 e. The minimum atomic E-state index is -0.0390. The van der Waals surface area contributed by atoms with Gasteiger partial charge in [-0.3, -0.25) is 9.59 Å². The van der Waals surface area contributed by atoms with Crippen molar-refractivity contribution in [3.8, 4) is 0 Å². The summed E-state index contributed by atoms with van der Waals surface area (Å²) in [7, 11) is 0. The molecule has 108 valence electrons. The van der Waals surface area contributed by atoms with Crippen LogP contribution in [0.4, 0.5) is 0 Å². The Balaban J connectivity index is 1.56. The van der Waals surface area contributed by atoms with Gasteiger partial charge in [0.2, 0.25) is 11.8 Å². The molecule has 0 aromatic rings. The van der Waals surface area contributed by atoms with Crippen molar-refractivity contribution in [1.29, 1.82) is 0 Å². The molecule has 1 atom stereocenters. The molecule has 2 aliphatic rings. The fourth-order valence-corrected chi connectivity index (χ4v) is 2.46. The first-order valence-electron chi connectivity index (χ1n) is 7.12. The molecule has 2 fully saturated rings. The zero-order valence-corrected chi connectivity index (χ0v) is 11.3. The van der Waals surface area contributed by atoms with Gasteiger partial charge in [-0.25, -0.2) is 0 Å². The van der Waals surface area contributed by atoms with Gasteiger partial charge in [0.05, 0.1) is 19.1 Å². The average molecular weight is 269 g/mol. The molecular formula is C13H23N3O3. The van der Waals surface area contributed by atoms with Gasteiger partial charge in [-0.05, 0) is 12.8 Å². The molecule has 1 unspecified atom stereocenters. The Kier molecular flexibility index (Phi) is 5.60. The quantitative estimate of drug-likeness (QED) is 0.705. The highest BCUT2D eigenvalue weighted by atomic mass is 16.5. The molecule has 2 amide bonds.